The molecule has 1 aromatic carbocycles. The van der Waals surface area contributed by atoms with Crippen LogP contribution < -0.4 is 0 Å². The maximum atomic E-state index is 4.69. The van der Waals surface area contributed by atoms with E-state index in [0.717, 1.165) is 27.1 Å². The fourth-order valence-electron chi connectivity index (χ4n) is 2.33. The van der Waals surface area contributed by atoms with Crippen molar-refractivity contribution in [2.24, 2.45) is 0 Å². The van der Waals surface area contributed by atoms with Gasteiger partial charge in [-0.2, -0.15) is 5.10 Å². The third-order valence-corrected chi connectivity index (χ3v) is 4.93. The van der Waals surface area contributed by atoms with Crippen LogP contribution >= 0.6 is 27.3 Å². The van der Waals surface area contributed by atoms with Gasteiger partial charge in [-0.05, 0) is 18.6 Å². The number of hydrogen-bond donors (Lipinski definition) is 0. The quantitative estimate of drug-likeness (QED) is 0.553. The van der Waals surface area contributed by atoms with E-state index in [2.05, 4.69) is 45.1 Å². The van der Waals surface area contributed by atoms with Crippen LogP contribution in [0.4, 0.5) is 0 Å². The number of rotatable bonds is 6. The number of benzene rings is 1. The highest BCUT2D eigenvalue weighted by molar-refractivity contribution is 9.10. The van der Waals surface area contributed by atoms with E-state index >= 15 is 0 Å². The van der Waals surface area contributed by atoms with E-state index < -0.39 is 0 Å². The van der Waals surface area contributed by atoms with Crippen molar-refractivity contribution in [2.75, 3.05) is 0 Å². The highest BCUT2D eigenvalue weighted by atomic mass is 79.9. The first-order chi connectivity index (χ1) is 10.3. The Labute approximate surface area is 137 Å². The van der Waals surface area contributed by atoms with Gasteiger partial charge in [0.05, 0.1) is 11.9 Å². The molecule has 0 aliphatic rings. The normalized spacial score (nSPS) is 11.3. The maximum Gasteiger partial charge on any atom is 0.212 e. The van der Waals surface area contributed by atoms with Crippen LogP contribution in [0.1, 0.15) is 37.6 Å². The van der Waals surface area contributed by atoms with E-state index in [-0.39, 0.29) is 0 Å². The summed E-state index contributed by atoms with van der Waals surface area (Å²) in [5.74, 6) is 0. The molecule has 0 aliphatic heterocycles. The van der Waals surface area contributed by atoms with Gasteiger partial charge in [-0.15, -0.1) is 0 Å². The zero-order valence-corrected chi connectivity index (χ0v) is 14.5. The van der Waals surface area contributed by atoms with Crippen molar-refractivity contribution >= 4 is 32.2 Å². The fourth-order valence-corrected chi connectivity index (χ4v) is 3.65. The van der Waals surface area contributed by atoms with Crippen molar-refractivity contribution in [3.05, 3.63) is 39.9 Å². The van der Waals surface area contributed by atoms with Crippen molar-refractivity contribution in [2.45, 2.75) is 39.0 Å². The molecule has 2 aromatic heterocycles. The van der Waals surface area contributed by atoms with Crippen LogP contribution in [0.5, 0.6) is 0 Å². The average molecular weight is 364 g/mol. The molecular formula is C16H18BrN3S. The molecule has 0 N–H and O–H groups in total. The summed E-state index contributed by atoms with van der Waals surface area (Å²) in [5, 5.41) is 5.83. The van der Waals surface area contributed by atoms with Crippen molar-refractivity contribution < 1.29 is 0 Å². The number of hydrogen-bond acceptors (Lipinski definition) is 3. The first kappa shape index (κ1) is 14.7. The summed E-state index contributed by atoms with van der Waals surface area (Å²) in [6.07, 6.45) is 8.20. The Balaban J connectivity index is 1.75. The predicted octanol–water partition coefficient (Wildman–Crippen LogP) is 5.34. The van der Waals surface area contributed by atoms with Crippen LogP contribution in [0.3, 0.4) is 0 Å². The Morgan fingerprint density at radius 2 is 2.14 bits per heavy atom. The van der Waals surface area contributed by atoms with E-state index in [1.807, 2.05) is 22.8 Å². The van der Waals surface area contributed by atoms with Crippen LogP contribution in [-0.2, 0) is 6.42 Å². The first-order valence-electron chi connectivity index (χ1n) is 7.37. The largest absolute Gasteiger partial charge is 0.217 e. The van der Waals surface area contributed by atoms with Gasteiger partial charge in [-0.1, -0.05) is 65.6 Å². The van der Waals surface area contributed by atoms with Gasteiger partial charge in [0.2, 0.25) is 4.96 Å². The highest BCUT2D eigenvalue weighted by Crippen LogP contribution is 2.25. The van der Waals surface area contributed by atoms with Crippen LogP contribution in [-0.4, -0.2) is 14.6 Å². The Morgan fingerprint density at radius 3 is 2.90 bits per heavy atom. The summed E-state index contributed by atoms with van der Waals surface area (Å²) in [4.78, 5) is 5.67. The summed E-state index contributed by atoms with van der Waals surface area (Å²) in [6, 6.07) is 8.20. The van der Waals surface area contributed by atoms with E-state index in [4.69, 9.17) is 0 Å². The number of nitrogens with zero attached hydrogens (tertiary/aromatic N) is 3. The molecule has 0 aliphatic carbocycles. The SMILES string of the molecule is CCCCCCc1nn2cc(-c3cccc(Br)c3)nc2s1. The molecule has 0 radical (unpaired) electrons. The predicted molar refractivity (Wildman–Crippen MR) is 91.8 cm³/mol. The molecule has 0 saturated heterocycles. The molecular weight excluding hydrogens is 346 g/mol. The molecule has 3 aromatic rings. The third kappa shape index (κ3) is 3.52. The maximum absolute atomic E-state index is 4.69. The summed E-state index contributed by atoms with van der Waals surface area (Å²) < 4.78 is 2.98. The van der Waals surface area contributed by atoms with E-state index in [1.165, 1.54) is 30.7 Å². The van der Waals surface area contributed by atoms with Crippen LogP contribution in [0.25, 0.3) is 16.2 Å². The minimum atomic E-state index is 0.979. The van der Waals surface area contributed by atoms with Crippen molar-refractivity contribution in [3.63, 3.8) is 0 Å². The Bertz CT molecular complexity index is 701. The summed E-state index contributed by atoms with van der Waals surface area (Å²) in [5.41, 5.74) is 2.10. The second-order valence-electron chi connectivity index (χ2n) is 5.17. The molecule has 0 saturated carbocycles. The second-order valence-corrected chi connectivity index (χ2v) is 7.13. The summed E-state index contributed by atoms with van der Waals surface area (Å²) >= 11 is 5.20. The smallest absolute Gasteiger partial charge is 0.212 e. The van der Waals surface area contributed by atoms with Crippen molar-refractivity contribution in [1.29, 1.82) is 0 Å². The zero-order valence-electron chi connectivity index (χ0n) is 12.1. The van der Waals surface area contributed by atoms with E-state index in [0.29, 0.717) is 0 Å². The molecule has 3 rings (SSSR count). The zero-order chi connectivity index (χ0) is 14.7. The Kier molecular flexibility index (Phi) is 4.70. The number of halogens is 1. The molecule has 3 nitrogen and oxygen atoms in total. The highest BCUT2D eigenvalue weighted by Gasteiger charge is 2.09. The third-order valence-electron chi connectivity index (χ3n) is 3.45. The van der Waals surface area contributed by atoms with Crippen LogP contribution in [0, 0.1) is 0 Å². The van der Waals surface area contributed by atoms with Crippen molar-refractivity contribution in [3.8, 4) is 11.3 Å². The lowest BCUT2D eigenvalue weighted by Crippen LogP contribution is -1.87. The molecule has 2 heterocycles. The van der Waals surface area contributed by atoms with Gasteiger partial charge in [0.15, 0.2) is 0 Å². The van der Waals surface area contributed by atoms with E-state index in [1.54, 1.807) is 11.3 Å². The van der Waals surface area contributed by atoms with Crippen LogP contribution in [0.15, 0.2) is 34.9 Å². The molecule has 5 heteroatoms. The molecule has 0 fully saturated rings. The molecule has 21 heavy (non-hydrogen) atoms. The molecule has 0 atom stereocenters. The number of aryl methyl sites for hydroxylation is 1. The number of imidazole rings is 1. The topological polar surface area (TPSA) is 30.2 Å². The Hall–Kier alpha value is -1.20. The lowest BCUT2D eigenvalue weighted by atomic mass is 10.2. The summed E-state index contributed by atoms with van der Waals surface area (Å²) in [7, 11) is 0. The average Bonchev–Trinajstić information content (AvgIpc) is 3.02. The first-order valence-corrected chi connectivity index (χ1v) is 8.98. The monoisotopic (exact) mass is 363 g/mol. The van der Waals surface area contributed by atoms with Gasteiger partial charge in [-0.3, -0.25) is 0 Å². The minimum Gasteiger partial charge on any atom is -0.217 e. The lowest BCUT2D eigenvalue weighted by Gasteiger charge is -1.97. The second kappa shape index (κ2) is 6.71. The molecule has 110 valence electrons. The lowest BCUT2D eigenvalue weighted by molar-refractivity contribution is 0.661. The number of aromatic nitrogens is 3. The Morgan fingerprint density at radius 1 is 1.24 bits per heavy atom. The van der Waals surface area contributed by atoms with Gasteiger partial charge in [-0.25, -0.2) is 9.50 Å². The van der Waals surface area contributed by atoms with Crippen molar-refractivity contribution in [1.82, 2.24) is 14.6 Å². The fraction of sp³-hybridized carbons (Fsp3) is 0.375. The number of unbranched alkanes of at least 4 members (excludes halogenated alkanes) is 3. The van der Waals surface area contributed by atoms with E-state index in [9.17, 15) is 0 Å². The summed E-state index contributed by atoms with van der Waals surface area (Å²) in [6.45, 7) is 2.24. The molecule has 0 unspecified atom stereocenters. The standard InChI is InChI=1S/C16H18BrN3S/c1-2-3-4-5-9-15-19-20-11-14(18-16(20)21-15)12-7-6-8-13(17)10-12/h6-8,10-11H,2-5,9H2,1H3. The van der Waals surface area contributed by atoms with Gasteiger partial charge < -0.3 is 0 Å². The van der Waals surface area contributed by atoms with Gasteiger partial charge in [0.25, 0.3) is 0 Å². The number of fused-ring (bicyclic) bond motifs is 1. The molecule has 0 bridgehead atoms. The van der Waals surface area contributed by atoms with Gasteiger partial charge in [0, 0.05) is 16.5 Å². The van der Waals surface area contributed by atoms with Crippen LogP contribution in [0.2, 0.25) is 0 Å². The van der Waals surface area contributed by atoms with Gasteiger partial charge in [0.1, 0.15) is 5.01 Å². The molecule has 0 amide bonds. The minimum absolute atomic E-state index is 0.979. The molecule has 0 spiro atoms. The van der Waals surface area contributed by atoms with Gasteiger partial charge >= 0.3 is 0 Å².